The molecule has 92 valence electrons. The lowest BCUT2D eigenvalue weighted by Crippen LogP contribution is -2.31. The molecule has 0 spiro atoms. The topological polar surface area (TPSA) is 58.6 Å². The Bertz CT molecular complexity index is 413. The molecule has 0 unspecified atom stereocenters. The van der Waals surface area contributed by atoms with E-state index in [1.807, 2.05) is 0 Å². The number of carboxylic acids is 1. The van der Waals surface area contributed by atoms with Crippen LogP contribution in [0.15, 0.2) is 24.3 Å². The molecule has 1 saturated carbocycles. The summed E-state index contributed by atoms with van der Waals surface area (Å²) in [5, 5.41) is 12.3. The Labute approximate surface area is 101 Å². The zero-order chi connectivity index (χ0) is 12.3. The van der Waals surface area contributed by atoms with Crippen LogP contribution >= 0.6 is 0 Å². The lowest BCUT2D eigenvalue weighted by atomic mass is 10.2. The van der Waals surface area contributed by atoms with Crippen LogP contribution in [0.25, 0.3) is 0 Å². The van der Waals surface area contributed by atoms with Gasteiger partial charge >= 0.3 is 5.97 Å². The molecule has 0 bridgehead atoms. The standard InChI is InChI=1S/C13H17NO3/c1-13(6-7-13)14-8-9-17-11-5-3-2-4-10(11)12(15)16/h2-5,14H,6-9H2,1H3,(H,15,16). The minimum Gasteiger partial charge on any atom is -0.491 e. The molecular weight excluding hydrogens is 218 g/mol. The summed E-state index contributed by atoms with van der Waals surface area (Å²) in [5.41, 5.74) is 0.500. The zero-order valence-electron chi connectivity index (χ0n) is 9.90. The number of aromatic carboxylic acids is 1. The van der Waals surface area contributed by atoms with Gasteiger partial charge in [-0.05, 0) is 31.9 Å². The molecule has 4 nitrogen and oxygen atoms in total. The number of ether oxygens (including phenoxy) is 1. The van der Waals surface area contributed by atoms with Gasteiger partial charge in [0.15, 0.2) is 0 Å². The first-order chi connectivity index (χ1) is 8.11. The first kappa shape index (κ1) is 11.9. The summed E-state index contributed by atoms with van der Waals surface area (Å²) in [5.74, 6) is -0.523. The summed E-state index contributed by atoms with van der Waals surface area (Å²) in [4.78, 5) is 10.9. The van der Waals surface area contributed by atoms with E-state index in [1.165, 1.54) is 12.8 Å². The van der Waals surface area contributed by atoms with Crippen molar-refractivity contribution in [1.82, 2.24) is 5.32 Å². The van der Waals surface area contributed by atoms with Crippen LogP contribution < -0.4 is 10.1 Å². The Balaban J connectivity index is 1.83. The largest absolute Gasteiger partial charge is 0.491 e. The van der Waals surface area contributed by atoms with Gasteiger partial charge in [0.2, 0.25) is 0 Å². The number of carboxylic acid groups (broad SMARTS) is 1. The molecule has 0 atom stereocenters. The Morgan fingerprint density at radius 1 is 1.47 bits per heavy atom. The normalized spacial score (nSPS) is 16.5. The fourth-order valence-electron chi connectivity index (χ4n) is 1.65. The lowest BCUT2D eigenvalue weighted by molar-refractivity contribution is 0.0692. The number of benzene rings is 1. The summed E-state index contributed by atoms with van der Waals surface area (Å²) in [6.45, 7) is 3.41. The molecule has 0 heterocycles. The van der Waals surface area contributed by atoms with E-state index in [1.54, 1.807) is 24.3 Å². The van der Waals surface area contributed by atoms with Crippen molar-refractivity contribution in [3.05, 3.63) is 29.8 Å². The molecule has 0 saturated heterocycles. The highest BCUT2D eigenvalue weighted by atomic mass is 16.5. The number of para-hydroxylation sites is 1. The van der Waals surface area contributed by atoms with Gasteiger partial charge in [-0.2, -0.15) is 0 Å². The number of carbonyl (C=O) groups is 1. The van der Waals surface area contributed by atoms with E-state index in [4.69, 9.17) is 9.84 Å². The maximum Gasteiger partial charge on any atom is 0.339 e. The van der Waals surface area contributed by atoms with Gasteiger partial charge in [0.25, 0.3) is 0 Å². The fourth-order valence-corrected chi connectivity index (χ4v) is 1.65. The molecule has 0 aromatic heterocycles. The number of nitrogens with one attached hydrogen (secondary N) is 1. The van der Waals surface area contributed by atoms with Gasteiger partial charge in [-0.3, -0.25) is 0 Å². The third-order valence-corrected chi connectivity index (χ3v) is 3.03. The molecule has 1 aliphatic carbocycles. The van der Waals surface area contributed by atoms with E-state index in [-0.39, 0.29) is 11.1 Å². The molecule has 4 heteroatoms. The van der Waals surface area contributed by atoms with Crippen LogP contribution in [0.3, 0.4) is 0 Å². The van der Waals surface area contributed by atoms with Gasteiger partial charge in [-0.15, -0.1) is 0 Å². The van der Waals surface area contributed by atoms with Crippen molar-refractivity contribution in [2.45, 2.75) is 25.3 Å². The van der Waals surface area contributed by atoms with Crippen LogP contribution in [0.1, 0.15) is 30.1 Å². The summed E-state index contributed by atoms with van der Waals surface area (Å²) in [6.07, 6.45) is 2.41. The molecule has 17 heavy (non-hydrogen) atoms. The second-order valence-electron chi connectivity index (χ2n) is 4.64. The molecule has 0 radical (unpaired) electrons. The smallest absolute Gasteiger partial charge is 0.339 e. The quantitative estimate of drug-likeness (QED) is 0.739. The van der Waals surface area contributed by atoms with E-state index in [9.17, 15) is 4.79 Å². The Morgan fingerprint density at radius 2 is 2.18 bits per heavy atom. The average molecular weight is 235 g/mol. The molecule has 0 amide bonds. The third kappa shape index (κ3) is 3.20. The third-order valence-electron chi connectivity index (χ3n) is 3.03. The van der Waals surface area contributed by atoms with Crippen LogP contribution in [0.4, 0.5) is 0 Å². The van der Waals surface area contributed by atoms with Crippen LogP contribution in [-0.2, 0) is 0 Å². The van der Waals surface area contributed by atoms with Gasteiger partial charge in [0.05, 0.1) is 0 Å². The Morgan fingerprint density at radius 3 is 2.82 bits per heavy atom. The average Bonchev–Trinajstić information content (AvgIpc) is 3.04. The van der Waals surface area contributed by atoms with Crippen LogP contribution in [0, 0.1) is 0 Å². The van der Waals surface area contributed by atoms with Crippen molar-refractivity contribution in [1.29, 1.82) is 0 Å². The molecular formula is C13H17NO3. The second kappa shape index (κ2) is 4.75. The van der Waals surface area contributed by atoms with Gasteiger partial charge in [-0.1, -0.05) is 12.1 Å². The first-order valence-corrected chi connectivity index (χ1v) is 5.81. The van der Waals surface area contributed by atoms with Crippen LogP contribution in [0.2, 0.25) is 0 Å². The van der Waals surface area contributed by atoms with E-state index in [0.29, 0.717) is 12.4 Å². The Kier molecular flexibility index (Phi) is 3.33. The zero-order valence-corrected chi connectivity index (χ0v) is 9.90. The maximum absolute atomic E-state index is 10.9. The highest BCUT2D eigenvalue weighted by molar-refractivity contribution is 5.90. The summed E-state index contributed by atoms with van der Waals surface area (Å²) in [7, 11) is 0. The lowest BCUT2D eigenvalue weighted by Gasteiger charge is -2.13. The summed E-state index contributed by atoms with van der Waals surface area (Å²) < 4.78 is 5.48. The monoisotopic (exact) mass is 235 g/mol. The van der Waals surface area contributed by atoms with Gasteiger partial charge < -0.3 is 15.2 Å². The van der Waals surface area contributed by atoms with E-state index in [0.717, 1.165) is 6.54 Å². The maximum atomic E-state index is 10.9. The number of hydrogen-bond acceptors (Lipinski definition) is 3. The van der Waals surface area contributed by atoms with Gasteiger partial charge in [0, 0.05) is 12.1 Å². The second-order valence-corrected chi connectivity index (χ2v) is 4.64. The van der Waals surface area contributed by atoms with Gasteiger partial charge in [0.1, 0.15) is 17.9 Å². The minimum absolute atomic E-state index is 0.213. The Hall–Kier alpha value is -1.55. The summed E-state index contributed by atoms with van der Waals surface area (Å²) in [6, 6.07) is 6.70. The molecule has 1 aliphatic rings. The molecule has 0 aliphatic heterocycles. The van der Waals surface area contributed by atoms with Crippen molar-refractivity contribution in [3.63, 3.8) is 0 Å². The van der Waals surface area contributed by atoms with Gasteiger partial charge in [-0.25, -0.2) is 4.79 Å². The SMILES string of the molecule is CC1(NCCOc2ccccc2C(=O)O)CC1. The first-order valence-electron chi connectivity index (χ1n) is 5.81. The van der Waals surface area contributed by atoms with E-state index in [2.05, 4.69) is 12.2 Å². The molecule has 2 N–H and O–H groups in total. The predicted octanol–water partition coefficient (Wildman–Crippen LogP) is 1.91. The van der Waals surface area contributed by atoms with Crippen molar-refractivity contribution in [2.75, 3.05) is 13.2 Å². The van der Waals surface area contributed by atoms with E-state index < -0.39 is 5.97 Å². The van der Waals surface area contributed by atoms with Crippen molar-refractivity contribution >= 4 is 5.97 Å². The summed E-state index contributed by atoms with van der Waals surface area (Å²) >= 11 is 0. The fraction of sp³-hybridized carbons (Fsp3) is 0.462. The highest BCUT2D eigenvalue weighted by Crippen LogP contribution is 2.33. The molecule has 1 fully saturated rings. The van der Waals surface area contributed by atoms with Crippen LogP contribution in [-0.4, -0.2) is 29.8 Å². The number of hydrogen-bond donors (Lipinski definition) is 2. The molecule has 2 rings (SSSR count). The highest BCUT2D eigenvalue weighted by Gasteiger charge is 2.36. The van der Waals surface area contributed by atoms with E-state index >= 15 is 0 Å². The molecule has 1 aromatic rings. The van der Waals surface area contributed by atoms with Crippen LogP contribution in [0.5, 0.6) is 5.75 Å². The van der Waals surface area contributed by atoms with Crippen molar-refractivity contribution in [3.8, 4) is 5.75 Å². The molecule has 1 aromatic carbocycles. The minimum atomic E-state index is -0.956. The predicted molar refractivity (Wildman–Crippen MR) is 64.5 cm³/mol. The van der Waals surface area contributed by atoms with Crippen molar-refractivity contribution in [2.24, 2.45) is 0 Å². The van der Waals surface area contributed by atoms with Crippen molar-refractivity contribution < 1.29 is 14.6 Å². The number of rotatable bonds is 6.